The Labute approximate surface area is 147 Å². The van der Waals surface area contributed by atoms with Crippen LogP contribution in [0.4, 0.5) is 9.18 Å². The Morgan fingerprint density at radius 1 is 1.12 bits per heavy atom. The number of phenols is 1. The largest absolute Gasteiger partial charge is 0.505 e. The highest BCUT2D eigenvalue weighted by molar-refractivity contribution is 5.68. The molecule has 0 fully saturated rings. The lowest BCUT2D eigenvalue weighted by Gasteiger charge is -2.27. The molecule has 2 aromatic rings. The lowest BCUT2D eigenvalue weighted by molar-refractivity contribution is 0.0236. The van der Waals surface area contributed by atoms with Crippen LogP contribution in [0.15, 0.2) is 48.5 Å². The Bertz CT molecular complexity index is 711. The van der Waals surface area contributed by atoms with Gasteiger partial charge in [-0.1, -0.05) is 36.4 Å². The zero-order chi connectivity index (χ0) is 18.4. The third-order valence-electron chi connectivity index (χ3n) is 3.55. The fourth-order valence-electron chi connectivity index (χ4n) is 2.34. The van der Waals surface area contributed by atoms with Crippen LogP contribution in [0.25, 0.3) is 0 Å². The molecule has 4 nitrogen and oxygen atoms in total. The van der Waals surface area contributed by atoms with Gasteiger partial charge in [-0.05, 0) is 50.5 Å². The van der Waals surface area contributed by atoms with E-state index in [2.05, 4.69) is 0 Å². The summed E-state index contributed by atoms with van der Waals surface area (Å²) in [7, 11) is 0. The Hall–Kier alpha value is -2.56. The summed E-state index contributed by atoms with van der Waals surface area (Å²) in [5.41, 5.74) is 1.16. The number of carbonyl (C=O) groups is 1. The van der Waals surface area contributed by atoms with Crippen LogP contribution in [0.2, 0.25) is 0 Å². The normalized spacial score (nSPS) is 11.2. The van der Waals surface area contributed by atoms with Crippen molar-refractivity contribution in [1.82, 2.24) is 4.90 Å². The molecule has 0 aliphatic carbocycles. The number of amides is 1. The lowest BCUT2D eigenvalue weighted by Crippen LogP contribution is -2.37. The maximum absolute atomic E-state index is 13.2. The number of aromatic hydroxyl groups is 1. The summed E-state index contributed by atoms with van der Waals surface area (Å²) in [6.07, 6.45) is 0.0857. The summed E-state index contributed by atoms with van der Waals surface area (Å²) in [4.78, 5) is 14.1. The van der Waals surface area contributed by atoms with Gasteiger partial charge in [0.25, 0.3) is 0 Å². The molecule has 25 heavy (non-hydrogen) atoms. The predicted octanol–water partition coefficient (Wildman–Crippen LogP) is 4.51. The van der Waals surface area contributed by atoms with Gasteiger partial charge in [-0.3, -0.25) is 0 Å². The van der Waals surface area contributed by atoms with Crippen molar-refractivity contribution in [3.63, 3.8) is 0 Å². The summed E-state index contributed by atoms with van der Waals surface area (Å²) in [6, 6.07) is 13.8. The van der Waals surface area contributed by atoms with Crippen LogP contribution in [-0.2, 0) is 17.7 Å². The molecule has 0 saturated carbocycles. The molecule has 0 bridgehead atoms. The summed E-state index contributed by atoms with van der Waals surface area (Å²) in [5, 5.41) is 9.48. The van der Waals surface area contributed by atoms with Gasteiger partial charge in [0.2, 0.25) is 0 Å². The van der Waals surface area contributed by atoms with Crippen LogP contribution < -0.4 is 0 Å². The van der Waals surface area contributed by atoms with Crippen molar-refractivity contribution in [1.29, 1.82) is 0 Å². The van der Waals surface area contributed by atoms with E-state index in [4.69, 9.17) is 4.74 Å². The van der Waals surface area contributed by atoms with Crippen molar-refractivity contribution in [3.05, 3.63) is 65.5 Å². The Kier molecular flexibility index (Phi) is 6.02. The van der Waals surface area contributed by atoms with Gasteiger partial charge in [0.05, 0.1) is 0 Å². The van der Waals surface area contributed by atoms with E-state index in [1.54, 1.807) is 11.0 Å². The number of rotatable bonds is 5. The topological polar surface area (TPSA) is 49.8 Å². The van der Waals surface area contributed by atoms with Crippen LogP contribution in [0.3, 0.4) is 0 Å². The van der Waals surface area contributed by atoms with Crippen LogP contribution in [0, 0.1) is 5.82 Å². The first-order chi connectivity index (χ1) is 11.7. The van der Waals surface area contributed by atoms with Gasteiger partial charge in [-0.25, -0.2) is 9.18 Å². The second-order valence-corrected chi connectivity index (χ2v) is 6.92. The number of hydrogen-bond donors (Lipinski definition) is 1. The monoisotopic (exact) mass is 345 g/mol. The van der Waals surface area contributed by atoms with E-state index < -0.39 is 17.5 Å². The molecule has 0 unspecified atom stereocenters. The highest BCUT2D eigenvalue weighted by Crippen LogP contribution is 2.18. The fourth-order valence-corrected chi connectivity index (χ4v) is 2.34. The van der Waals surface area contributed by atoms with Gasteiger partial charge >= 0.3 is 6.09 Å². The fraction of sp³-hybridized carbons (Fsp3) is 0.350. The van der Waals surface area contributed by atoms with Crippen LogP contribution >= 0.6 is 0 Å². The molecule has 0 aromatic heterocycles. The Morgan fingerprint density at radius 2 is 1.80 bits per heavy atom. The number of phenolic OH excluding ortho intramolecular Hbond substituents is 1. The minimum Gasteiger partial charge on any atom is -0.505 e. The first-order valence-electron chi connectivity index (χ1n) is 8.24. The molecule has 134 valence electrons. The number of halogens is 1. The van der Waals surface area contributed by atoms with Gasteiger partial charge in [-0.2, -0.15) is 0 Å². The van der Waals surface area contributed by atoms with Gasteiger partial charge in [0, 0.05) is 13.1 Å². The van der Waals surface area contributed by atoms with Crippen molar-refractivity contribution in [2.45, 2.75) is 39.3 Å². The highest BCUT2D eigenvalue weighted by Gasteiger charge is 2.22. The predicted molar refractivity (Wildman–Crippen MR) is 94.9 cm³/mol. The van der Waals surface area contributed by atoms with Crippen LogP contribution in [0.1, 0.15) is 31.9 Å². The number of benzene rings is 2. The molecule has 0 aliphatic heterocycles. The van der Waals surface area contributed by atoms with Crippen molar-refractivity contribution >= 4 is 6.09 Å². The van der Waals surface area contributed by atoms with E-state index >= 15 is 0 Å². The quantitative estimate of drug-likeness (QED) is 0.867. The number of ether oxygens (including phenoxy) is 1. The van der Waals surface area contributed by atoms with Gasteiger partial charge in [0.15, 0.2) is 11.6 Å². The first-order valence-corrected chi connectivity index (χ1v) is 8.24. The third kappa shape index (κ3) is 6.10. The second-order valence-electron chi connectivity index (χ2n) is 6.92. The molecule has 0 atom stereocenters. The summed E-state index contributed by atoms with van der Waals surface area (Å²) in [6.45, 7) is 6.29. The minimum atomic E-state index is -0.656. The van der Waals surface area contributed by atoms with E-state index in [0.29, 0.717) is 19.5 Å². The van der Waals surface area contributed by atoms with Crippen LogP contribution in [-0.4, -0.2) is 28.2 Å². The van der Waals surface area contributed by atoms with Crippen molar-refractivity contribution in [2.75, 3.05) is 6.54 Å². The van der Waals surface area contributed by atoms with Crippen LogP contribution in [0.5, 0.6) is 5.75 Å². The zero-order valence-electron chi connectivity index (χ0n) is 14.8. The number of nitrogens with zero attached hydrogens (tertiary/aromatic N) is 1. The molecule has 0 radical (unpaired) electrons. The minimum absolute atomic E-state index is 0.385. The SMILES string of the molecule is CC(C)(C)OC(=O)N(CCc1ccc(F)c(O)c1)Cc1ccccc1. The molecular weight excluding hydrogens is 321 g/mol. The van der Waals surface area contributed by atoms with E-state index in [1.165, 1.54) is 12.1 Å². The second kappa shape index (κ2) is 8.01. The van der Waals surface area contributed by atoms with Gasteiger partial charge < -0.3 is 14.7 Å². The van der Waals surface area contributed by atoms with Crippen molar-refractivity contribution in [3.8, 4) is 5.75 Å². The summed E-state index contributed by atoms with van der Waals surface area (Å²) >= 11 is 0. The standard InChI is InChI=1S/C20H24FNO3/c1-20(2,3)25-19(24)22(14-16-7-5-4-6-8-16)12-11-15-9-10-17(21)18(23)13-15/h4-10,13,23H,11-12,14H2,1-3H3. The average Bonchev–Trinajstić information content (AvgIpc) is 2.54. The molecule has 2 aromatic carbocycles. The van der Waals surface area contributed by atoms with Gasteiger partial charge in [0.1, 0.15) is 5.60 Å². The zero-order valence-corrected chi connectivity index (χ0v) is 14.8. The maximum atomic E-state index is 13.2. The van der Waals surface area contributed by atoms with Crippen molar-refractivity contribution in [2.24, 2.45) is 0 Å². The highest BCUT2D eigenvalue weighted by atomic mass is 19.1. The summed E-state index contributed by atoms with van der Waals surface area (Å²) < 4.78 is 18.6. The molecule has 0 spiro atoms. The summed E-state index contributed by atoms with van der Waals surface area (Å²) in [5.74, 6) is -1.04. The lowest BCUT2D eigenvalue weighted by atomic mass is 10.1. The van der Waals surface area contributed by atoms with Crippen molar-refractivity contribution < 1.29 is 19.0 Å². The molecule has 0 aliphatic rings. The first kappa shape index (κ1) is 18.8. The van der Waals surface area contributed by atoms with E-state index in [9.17, 15) is 14.3 Å². The Balaban J connectivity index is 2.10. The van der Waals surface area contributed by atoms with Gasteiger partial charge in [-0.15, -0.1) is 0 Å². The number of carbonyl (C=O) groups excluding carboxylic acids is 1. The molecular formula is C20H24FNO3. The molecule has 0 saturated heterocycles. The molecule has 1 N–H and O–H groups in total. The van der Waals surface area contributed by atoms with E-state index in [1.807, 2.05) is 51.1 Å². The molecule has 0 heterocycles. The Morgan fingerprint density at radius 3 is 2.40 bits per heavy atom. The molecule has 1 amide bonds. The number of hydrogen-bond acceptors (Lipinski definition) is 3. The van der Waals surface area contributed by atoms with E-state index in [0.717, 1.165) is 11.1 Å². The average molecular weight is 345 g/mol. The van der Waals surface area contributed by atoms with E-state index in [-0.39, 0.29) is 5.75 Å². The molecule has 2 rings (SSSR count). The molecule has 5 heteroatoms. The smallest absolute Gasteiger partial charge is 0.410 e. The third-order valence-corrected chi connectivity index (χ3v) is 3.55. The maximum Gasteiger partial charge on any atom is 0.410 e.